The average Bonchev–Trinajstić information content (AvgIpc) is 2.86. The lowest BCUT2D eigenvalue weighted by Crippen LogP contribution is -2.29. The van der Waals surface area contributed by atoms with E-state index in [9.17, 15) is 13.2 Å². The van der Waals surface area contributed by atoms with Crippen LogP contribution in [0, 0.1) is 27.7 Å². The van der Waals surface area contributed by atoms with E-state index in [0.29, 0.717) is 11.3 Å². The van der Waals surface area contributed by atoms with Crippen molar-refractivity contribution in [2.75, 3.05) is 4.72 Å². The third-order valence-electron chi connectivity index (χ3n) is 6.32. The zero-order chi connectivity index (χ0) is 25.9. The van der Waals surface area contributed by atoms with Crippen molar-refractivity contribution in [3.05, 3.63) is 130 Å². The number of benzene rings is 4. The number of hydrogen-bond donors (Lipinski definition) is 2. The zero-order valence-electron chi connectivity index (χ0n) is 20.9. The Bertz CT molecular complexity index is 1500. The molecule has 5 nitrogen and oxygen atoms in total. The second-order valence-corrected chi connectivity index (χ2v) is 10.8. The minimum atomic E-state index is -3.90. The quantitative estimate of drug-likeness (QED) is 0.317. The summed E-state index contributed by atoms with van der Waals surface area (Å²) in [5, 5.41) is 3.09. The molecule has 1 atom stereocenters. The molecule has 4 aromatic rings. The first-order valence-electron chi connectivity index (χ1n) is 11.8. The van der Waals surface area contributed by atoms with Gasteiger partial charge in [0, 0.05) is 11.3 Å². The van der Waals surface area contributed by atoms with E-state index in [2.05, 4.69) is 10.0 Å². The first-order valence-corrected chi connectivity index (χ1v) is 13.3. The SMILES string of the molecule is Cc1ccc(C(NC(=O)c2ccc(C)c(S(=O)(=O)Nc3ccc(C)c(C)c3)c2)c2ccccc2)cc1. The molecule has 6 heteroatoms. The minimum absolute atomic E-state index is 0.0694. The van der Waals surface area contributed by atoms with Gasteiger partial charge in [0.1, 0.15) is 0 Å². The van der Waals surface area contributed by atoms with E-state index in [1.165, 1.54) is 6.07 Å². The van der Waals surface area contributed by atoms with E-state index in [1.807, 2.05) is 81.4 Å². The van der Waals surface area contributed by atoms with Gasteiger partial charge < -0.3 is 5.32 Å². The Balaban J connectivity index is 1.64. The van der Waals surface area contributed by atoms with Crippen LogP contribution in [0.2, 0.25) is 0 Å². The number of carbonyl (C=O) groups excluding carboxylic acids is 1. The third-order valence-corrected chi connectivity index (χ3v) is 7.84. The molecule has 0 radical (unpaired) electrons. The van der Waals surface area contributed by atoms with E-state index in [-0.39, 0.29) is 22.4 Å². The summed E-state index contributed by atoms with van der Waals surface area (Å²) in [5.41, 5.74) is 6.38. The molecule has 0 heterocycles. The Morgan fingerprint density at radius 2 is 1.33 bits per heavy atom. The van der Waals surface area contributed by atoms with Crippen LogP contribution in [0.3, 0.4) is 0 Å². The normalized spacial score (nSPS) is 12.1. The van der Waals surface area contributed by atoms with Gasteiger partial charge in [-0.2, -0.15) is 0 Å². The highest BCUT2D eigenvalue weighted by atomic mass is 32.2. The first kappa shape index (κ1) is 25.2. The molecule has 1 amide bonds. The molecule has 0 spiro atoms. The Kier molecular flexibility index (Phi) is 7.27. The highest BCUT2D eigenvalue weighted by Gasteiger charge is 2.22. The van der Waals surface area contributed by atoms with E-state index in [0.717, 1.165) is 27.8 Å². The Morgan fingerprint density at radius 1 is 0.694 bits per heavy atom. The van der Waals surface area contributed by atoms with Gasteiger partial charge in [-0.25, -0.2) is 8.42 Å². The maximum absolute atomic E-state index is 13.4. The highest BCUT2D eigenvalue weighted by Crippen LogP contribution is 2.25. The van der Waals surface area contributed by atoms with Gasteiger partial charge in [-0.05, 0) is 79.8 Å². The van der Waals surface area contributed by atoms with Gasteiger partial charge in [0.15, 0.2) is 0 Å². The second-order valence-electron chi connectivity index (χ2n) is 9.11. The van der Waals surface area contributed by atoms with E-state index in [4.69, 9.17) is 0 Å². The fraction of sp³-hybridized carbons (Fsp3) is 0.167. The van der Waals surface area contributed by atoms with Crippen molar-refractivity contribution < 1.29 is 13.2 Å². The molecule has 0 saturated carbocycles. The molecule has 0 aliphatic carbocycles. The Morgan fingerprint density at radius 3 is 2.00 bits per heavy atom. The molecule has 1 unspecified atom stereocenters. The van der Waals surface area contributed by atoms with Gasteiger partial charge in [0.25, 0.3) is 15.9 Å². The number of anilines is 1. The average molecular weight is 499 g/mol. The van der Waals surface area contributed by atoms with Gasteiger partial charge in [-0.3, -0.25) is 9.52 Å². The number of nitrogens with one attached hydrogen (secondary N) is 2. The largest absolute Gasteiger partial charge is 0.341 e. The summed E-state index contributed by atoms with van der Waals surface area (Å²) >= 11 is 0. The van der Waals surface area contributed by atoms with E-state index in [1.54, 1.807) is 31.2 Å². The van der Waals surface area contributed by atoms with Crippen LogP contribution in [0.4, 0.5) is 5.69 Å². The molecule has 2 N–H and O–H groups in total. The van der Waals surface area contributed by atoms with Crippen LogP contribution >= 0.6 is 0 Å². The standard InChI is InChI=1S/C30H30N2O3S/c1-20-10-14-25(15-11-20)29(24-8-6-5-7-9-24)31-30(33)26-16-12-22(3)28(19-26)36(34,35)32-27-17-13-21(2)23(4)18-27/h5-19,29,32H,1-4H3,(H,31,33). The lowest BCUT2D eigenvalue weighted by molar-refractivity contribution is 0.0942. The van der Waals surface area contributed by atoms with Crippen LogP contribution in [-0.4, -0.2) is 14.3 Å². The number of sulfonamides is 1. The van der Waals surface area contributed by atoms with Crippen LogP contribution < -0.4 is 10.0 Å². The molecule has 0 aliphatic rings. The molecule has 4 aromatic carbocycles. The van der Waals surface area contributed by atoms with Gasteiger partial charge in [-0.1, -0.05) is 72.3 Å². The van der Waals surface area contributed by atoms with Crippen LogP contribution in [-0.2, 0) is 10.0 Å². The molecule has 0 fully saturated rings. The molecule has 4 rings (SSSR count). The monoisotopic (exact) mass is 498 g/mol. The van der Waals surface area contributed by atoms with Gasteiger partial charge in [-0.15, -0.1) is 0 Å². The van der Waals surface area contributed by atoms with Crippen LogP contribution in [0.5, 0.6) is 0 Å². The summed E-state index contributed by atoms with van der Waals surface area (Å²) in [6.07, 6.45) is 0. The number of hydrogen-bond acceptors (Lipinski definition) is 3. The predicted octanol–water partition coefficient (Wildman–Crippen LogP) is 6.24. The molecule has 36 heavy (non-hydrogen) atoms. The molecule has 0 aromatic heterocycles. The summed E-state index contributed by atoms with van der Waals surface area (Å²) in [7, 11) is -3.90. The maximum Gasteiger partial charge on any atom is 0.262 e. The lowest BCUT2D eigenvalue weighted by Gasteiger charge is -2.21. The summed E-state index contributed by atoms with van der Waals surface area (Å²) in [6, 6.07) is 27.5. The fourth-order valence-corrected chi connectivity index (χ4v) is 5.35. The van der Waals surface area contributed by atoms with Crippen molar-refractivity contribution in [2.24, 2.45) is 0 Å². The number of rotatable bonds is 7. The predicted molar refractivity (Wildman–Crippen MR) is 145 cm³/mol. The van der Waals surface area contributed by atoms with E-state index >= 15 is 0 Å². The van der Waals surface area contributed by atoms with Gasteiger partial charge in [0.05, 0.1) is 10.9 Å². The second kappa shape index (κ2) is 10.4. The Hall–Kier alpha value is -3.90. The summed E-state index contributed by atoms with van der Waals surface area (Å²) in [5.74, 6) is -0.355. The molecule has 184 valence electrons. The summed E-state index contributed by atoms with van der Waals surface area (Å²) in [6.45, 7) is 7.63. The van der Waals surface area contributed by atoms with Crippen molar-refractivity contribution in [1.82, 2.24) is 5.32 Å². The van der Waals surface area contributed by atoms with Crippen molar-refractivity contribution in [3.63, 3.8) is 0 Å². The van der Waals surface area contributed by atoms with E-state index < -0.39 is 10.0 Å². The van der Waals surface area contributed by atoms with Gasteiger partial charge >= 0.3 is 0 Å². The third kappa shape index (κ3) is 5.66. The van der Waals surface area contributed by atoms with Gasteiger partial charge in [0.2, 0.25) is 0 Å². The van der Waals surface area contributed by atoms with Crippen molar-refractivity contribution in [3.8, 4) is 0 Å². The first-order chi connectivity index (χ1) is 17.1. The van der Waals surface area contributed by atoms with Crippen molar-refractivity contribution in [2.45, 2.75) is 38.6 Å². The van der Waals surface area contributed by atoms with Crippen molar-refractivity contribution >= 4 is 21.6 Å². The number of carbonyl (C=O) groups is 1. The molecule has 0 saturated heterocycles. The zero-order valence-corrected chi connectivity index (χ0v) is 21.7. The number of amides is 1. The van der Waals surface area contributed by atoms with Crippen LogP contribution in [0.1, 0.15) is 49.8 Å². The summed E-state index contributed by atoms with van der Waals surface area (Å²) in [4.78, 5) is 13.4. The fourth-order valence-electron chi connectivity index (χ4n) is 4.02. The summed E-state index contributed by atoms with van der Waals surface area (Å²) < 4.78 is 29.1. The highest BCUT2D eigenvalue weighted by molar-refractivity contribution is 7.92. The Labute approximate surface area is 213 Å². The topological polar surface area (TPSA) is 75.3 Å². The molecule has 0 aliphatic heterocycles. The number of aryl methyl sites for hydroxylation is 4. The smallest absolute Gasteiger partial charge is 0.262 e. The lowest BCUT2D eigenvalue weighted by atomic mass is 9.97. The van der Waals surface area contributed by atoms with Crippen LogP contribution in [0.15, 0.2) is 95.9 Å². The molecular weight excluding hydrogens is 468 g/mol. The van der Waals surface area contributed by atoms with Crippen molar-refractivity contribution in [1.29, 1.82) is 0 Å². The maximum atomic E-state index is 13.4. The molecule has 0 bridgehead atoms. The minimum Gasteiger partial charge on any atom is -0.341 e. The van der Waals surface area contributed by atoms with Crippen LogP contribution in [0.25, 0.3) is 0 Å². The molecular formula is C30H30N2O3S.